The Morgan fingerprint density at radius 3 is 2.03 bits per heavy atom. The van der Waals surface area contributed by atoms with Crippen LogP contribution in [0.1, 0.15) is 40.4 Å². The van der Waals surface area contributed by atoms with Crippen molar-refractivity contribution >= 4 is 11.8 Å². The van der Waals surface area contributed by atoms with Crippen LogP contribution >= 0.6 is 0 Å². The van der Waals surface area contributed by atoms with Crippen LogP contribution in [0, 0.1) is 5.92 Å². The highest BCUT2D eigenvalue weighted by molar-refractivity contribution is 6.09. The van der Waals surface area contributed by atoms with E-state index in [0.29, 0.717) is 11.3 Å². The zero-order valence-corrected chi connectivity index (χ0v) is 18.4. The highest BCUT2D eigenvalue weighted by atomic mass is 16.5. The zero-order valence-electron chi connectivity index (χ0n) is 18.4. The molecule has 0 spiro atoms. The van der Waals surface area contributed by atoms with E-state index in [1.165, 1.54) is 10.5 Å². The summed E-state index contributed by atoms with van der Waals surface area (Å²) in [5.41, 5.74) is 2.67. The molecule has 0 bridgehead atoms. The van der Waals surface area contributed by atoms with E-state index in [0.717, 1.165) is 30.6 Å². The average Bonchev–Trinajstić information content (AvgIpc) is 2.85. The molecule has 164 valence electrons. The summed E-state index contributed by atoms with van der Waals surface area (Å²) in [6.45, 7) is 0. The summed E-state index contributed by atoms with van der Waals surface area (Å²) in [6, 6.07) is 24.5. The lowest BCUT2D eigenvalue weighted by atomic mass is 9.78. The van der Waals surface area contributed by atoms with E-state index < -0.39 is 0 Å². The van der Waals surface area contributed by atoms with Gasteiger partial charge in [-0.2, -0.15) is 0 Å². The first-order chi connectivity index (χ1) is 15.6. The normalized spacial score (nSPS) is 17.6. The van der Waals surface area contributed by atoms with Crippen LogP contribution < -0.4 is 9.47 Å². The first-order valence-corrected chi connectivity index (χ1v) is 10.8. The van der Waals surface area contributed by atoms with Crippen molar-refractivity contribution in [1.82, 2.24) is 4.90 Å². The highest BCUT2D eigenvalue weighted by Crippen LogP contribution is 2.44. The number of β-lactam (4-membered cyclic amide) rings is 1. The van der Waals surface area contributed by atoms with E-state index >= 15 is 0 Å². The first-order valence-electron chi connectivity index (χ1n) is 10.8. The average molecular weight is 430 g/mol. The van der Waals surface area contributed by atoms with Crippen LogP contribution in [0.25, 0.3) is 0 Å². The molecule has 0 radical (unpaired) electrons. The maximum absolute atomic E-state index is 13.2. The smallest absolute Gasteiger partial charge is 0.261 e. The summed E-state index contributed by atoms with van der Waals surface area (Å²) in [5.74, 6) is 0.807. The summed E-state index contributed by atoms with van der Waals surface area (Å²) in [6.07, 6.45) is 2.53. The molecule has 2 amide bonds. The van der Waals surface area contributed by atoms with Crippen molar-refractivity contribution in [2.24, 2.45) is 5.92 Å². The number of rotatable bonds is 8. The number of ether oxygens (including phenoxy) is 2. The largest absolute Gasteiger partial charge is 0.497 e. The predicted octanol–water partition coefficient (Wildman–Crippen LogP) is 5.07. The third kappa shape index (κ3) is 4.37. The lowest BCUT2D eigenvalue weighted by molar-refractivity contribution is -0.151. The van der Waals surface area contributed by atoms with Gasteiger partial charge in [-0.25, -0.2) is 0 Å². The molecular formula is C27H27NO4. The molecule has 3 aromatic rings. The van der Waals surface area contributed by atoms with E-state index in [2.05, 4.69) is 12.1 Å². The summed E-state index contributed by atoms with van der Waals surface area (Å²) in [4.78, 5) is 27.7. The van der Waals surface area contributed by atoms with Gasteiger partial charge in [-0.3, -0.25) is 14.5 Å². The number of hydrogen-bond donors (Lipinski definition) is 0. The number of imide groups is 1. The van der Waals surface area contributed by atoms with Crippen molar-refractivity contribution in [2.45, 2.75) is 25.3 Å². The van der Waals surface area contributed by atoms with Gasteiger partial charge < -0.3 is 9.47 Å². The predicted molar refractivity (Wildman–Crippen MR) is 123 cm³/mol. The van der Waals surface area contributed by atoms with Crippen LogP contribution in [0.15, 0.2) is 78.9 Å². The van der Waals surface area contributed by atoms with E-state index in [-0.39, 0.29) is 23.8 Å². The monoisotopic (exact) mass is 429 g/mol. The fourth-order valence-corrected chi connectivity index (χ4v) is 4.28. The summed E-state index contributed by atoms with van der Waals surface area (Å²) in [5, 5.41) is 0. The number of benzene rings is 3. The van der Waals surface area contributed by atoms with Crippen LogP contribution in [-0.4, -0.2) is 30.9 Å². The van der Waals surface area contributed by atoms with Gasteiger partial charge in [0.15, 0.2) is 0 Å². The minimum atomic E-state index is -0.280. The molecule has 1 saturated heterocycles. The Labute approximate surface area is 188 Å². The van der Waals surface area contributed by atoms with E-state index in [4.69, 9.17) is 9.47 Å². The first kappa shape index (κ1) is 21.6. The molecule has 0 saturated carbocycles. The number of hydrogen-bond acceptors (Lipinski definition) is 4. The quantitative estimate of drug-likeness (QED) is 0.371. The van der Waals surface area contributed by atoms with Gasteiger partial charge in [-0.05, 0) is 66.8 Å². The fourth-order valence-electron chi connectivity index (χ4n) is 4.28. The summed E-state index contributed by atoms with van der Waals surface area (Å²) in [7, 11) is 3.20. The Kier molecular flexibility index (Phi) is 6.55. The minimum Gasteiger partial charge on any atom is -0.497 e. The van der Waals surface area contributed by atoms with Crippen molar-refractivity contribution in [3.63, 3.8) is 0 Å². The Morgan fingerprint density at radius 2 is 1.44 bits per heavy atom. The van der Waals surface area contributed by atoms with Crippen molar-refractivity contribution in [1.29, 1.82) is 0 Å². The van der Waals surface area contributed by atoms with Gasteiger partial charge >= 0.3 is 0 Å². The van der Waals surface area contributed by atoms with Gasteiger partial charge in [-0.1, -0.05) is 42.5 Å². The van der Waals surface area contributed by atoms with Gasteiger partial charge in [0.2, 0.25) is 5.91 Å². The molecule has 0 aromatic heterocycles. The Morgan fingerprint density at radius 1 is 0.844 bits per heavy atom. The van der Waals surface area contributed by atoms with Crippen molar-refractivity contribution in [3.8, 4) is 11.5 Å². The Balaban J connectivity index is 1.54. The van der Waals surface area contributed by atoms with E-state index in [1.807, 2.05) is 42.5 Å². The molecule has 1 fully saturated rings. The van der Waals surface area contributed by atoms with Gasteiger partial charge in [0.1, 0.15) is 11.5 Å². The molecule has 3 aromatic carbocycles. The van der Waals surface area contributed by atoms with Crippen LogP contribution in [0.5, 0.6) is 11.5 Å². The Bertz CT molecular complexity index is 1060. The lowest BCUT2D eigenvalue weighted by Gasteiger charge is -2.46. The van der Waals surface area contributed by atoms with Crippen LogP contribution in [0.2, 0.25) is 0 Å². The standard InChI is InChI=1S/C27H27NO4/c1-31-22-15-11-20(12-16-22)25-24(10-6-9-19-7-4-3-5-8-19)27(30)28(25)26(29)21-13-17-23(32-2)18-14-21/h3-5,7-8,11-18,24-25H,6,9-10H2,1-2H3/t24-,25-/m1/s1. The molecule has 0 N–H and O–H groups in total. The molecular weight excluding hydrogens is 402 g/mol. The molecule has 1 aliphatic rings. The molecule has 0 aliphatic carbocycles. The highest BCUT2D eigenvalue weighted by Gasteiger charge is 2.50. The van der Waals surface area contributed by atoms with Crippen molar-refractivity contribution < 1.29 is 19.1 Å². The maximum Gasteiger partial charge on any atom is 0.261 e. The molecule has 0 unspecified atom stereocenters. The maximum atomic E-state index is 13.2. The zero-order chi connectivity index (χ0) is 22.5. The van der Waals surface area contributed by atoms with Crippen molar-refractivity contribution in [3.05, 3.63) is 95.6 Å². The van der Waals surface area contributed by atoms with Gasteiger partial charge in [-0.15, -0.1) is 0 Å². The number of aryl methyl sites for hydroxylation is 1. The third-order valence-corrected chi connectivity index (χ3v) is 6.05. The van der Waals surface area contributed by atoms with Gasteiger partial charge in [0.25, 0.3) is 5.91 Å². The summed E-state index contributed by atoms with van der Waals surface area (Å²) >= 11 is 0. The van der Waals surface area contributed by atoms with Crippen molar-refractivity contribution in [2.75, 3.05) is 14.2 Å². The van der Waals surface area contributed by atoms with E-state index in [9.17, 15) is 9.59 Å². The molecule has 1 heterocycles. The van der Waals surface area contributed by atoms with Gasteiger partial charge in [0.05, 0.1) is 26.2 Å². The Hall–Kier alpha value is -3.60. The van der Waals surface area contributed by atoms with Crippen LogP contribution in [0.4, 0.5) is 0 Å². The summed E-state index contributed by atoms with van der Waals surface area (Å²) < 4.78 is 10.4. The lowest BCUT2D eigenvalue weighted by Crippen LogP contribution is -2.57. The number of likely N-dealkylation sites (tertiary alicyclic amines) is 1. The second-order valence-electron chi connectivity index (χ2n) is 7.94. The number of methoxy groups -OCH3 is 2. The third-order valence-electron chi connectivity index (χ3n) is 6.05. The van der Waals surface area contributed by atoms with Crippen LogP contribution in [-0.2, 0) is 11.2 Å². The number of carbonyl (C=O) groups excluding carboxylic acids is 2. The van der Waals surface area contributed by atoms with Crippen LogP contribution in [0.3, 0.4) is 0 Å². The topological polar surface area (TPSA) is 55.8 Å². The molecule has 5 nitrogen and oxygen atoms in total. The minimum absolute atomic E-state index is 0.111. The number of nitrogens with zero attached hydrogens (tertiary/aromatic N) is 1. The van der Waals surface area contributed by atoms with Gasteiger partial charge in [0, 0.05) is 5.56 Å². The fraction of sp³-hybridized carbons (Fsp3) is 0.259. The number of amides is 2. The second-order valence-corrected chi connectivity index (χ2v) is 7.94. The molecule has 1 aliphatic heterocycles. The SMILES string of the molecule is COc1ccc(C(=O)N2C(=O)[C@H](CCCc3ccccc3)[C@H]2c2ccc(OC)cc2)cc1. The van der Waals surface area contributed by atoms with E-state index in [1.54, 1.807) is 38.5 Å². The molecule has 32 heavy (non-hydrogen) atoms. The molecule has 2 atom stereocenters. The molecule has 5 heteroatoms. The second kappa shape index (κ2) is 9.69. The number of carbonyl (C=O) groups is 2. The molecule has 4 rings (SSSR count).